The minimum Gasteiger partial charge on any atom is -0.384 e. The zero-order chi connectivity index (χ0) is 13.1. The van der Waals surface area contributed by atoms with E-state index < -0.39 is 14.6 Å². The molecule has 1 N–H and O–H groups in total. The molecule has 0 unspecified atom stereocenters. The molecule has 96 valence electrons. The summed E-state index contributed by atoms with van der Waals surface area (Å²) in [5.74, 6) is 0.155. The zero-order valence-electron chi connectivity index (χ0n) is 10.3. The fraction of sp³-hybridized carbons (Fsp3) is 0.500. The molecule has 0 heterocycles. The van der Waals surface area contributed by atoms with Crippen LogP contribution in [0.2, 0.25) is 0 Å². The van der Waals surface area contributed by atoms with Gasteiger partial charge in [0.2, 0.25) is 0 Å². The van der Waals surface area contributed by atoms with Crippen molar-refractivity contribution in [3.05, 3.63) is 27.8 Å². The van der Waals surface area contributed by atoms with E-state index in [4.69, 9.17) is 0 Å². The molecule has 17 heavy (non-hydrogen) atoms. The van der Waals surface area contributed by atoms with Crippen molar-refractivity contribution < 1.29 is 8.42 Å². The van der Waals surface area contributed by atoms with Gasteiger partial charge in [0.05, 0.1) is 10.5 Å². The van der Waals surface area contributed by atoms with E-state index in [1.165, 1.54) is 0 Å². The highest BCUT2D eigenvalue weighted by Crippen LogP contribution is 2.16. The molecule has 1 rings (SSSR count). The number of sulfone groups is 1. The number of nitrogens with one attached hydrogen (secondary N) is 1. The van der Waals surface area contributed by atoms with Crippen LogP contribution in [0.3, 0.4) is 0 Å². The van der Waals surface area contributed by atoms with E-state index in [0.29, 0.717) is 6.54 Å². The second-order valence-corrected chi connectivity index (χ2v) is 8.98. The van der Waals surface area contributed by atoms with Crippen molar-refractivity contribution in [3.63, 3.8) is 0 Å². The number of hydrogen-bond acceptors (Lipinski definition) is 3. The maximum absolute atomic E-state index is 11.9. The van der Waals surface area contributed by atoms with Crippen LogP contribution in [0.5, 0.6) is 0 Å². The molecule has 0 aliphatic heterocycles. The lowest BCUT2D eigenvalue weighted by Gasteiger charge is -2.19. The third-order valence-corrected chi connectivity index (χ3v) is 5.74. The maximum Gasteiger partial charge on any atom is 0.156 e. The summed E-state index contributed by atoms with van der Waals surface area (Å²) < 4.78 is 24.2. The Labute approximate surface area is 117 Å². The molecule has 0 amide bonds. The van der Waals surface area contributed by atoms with Gasteiger partial charge in [-0.25, -0.2) is 8.42 Å². The summed E-state index contributed by atoms with van der Waals surface area (Å²) in [6.45, 7) is 5.63. The second kappa shape index (κ2) is 5.56. The first kappa shape index (κ1) is 14.8. The Morgan fingerprint density at radius 2 is 1.94 bits per heavy atom. The van der Waals surface area contributed by atoms with Gasteiger partial charge in [0.25, 0.3) is 0 Å². The molecular formula is C12H18INO2S. The molecule has 1 aromatic rings. The van der Waals surface area contributed by atoms with Crippen LogP contribution in [-0.4, -0.2) is 25.5 Å². The molecule has 0 bridgehead atoms. The van der Waals surface area contributed by atoms with Gasteiger partial charge < -0.3 is 5.32 Å². The lowest BCUT2D eigenvalue weighted by atomic mass is 10.3. The van der Waals surface area contributed by atoms with E-state index >= 15 is 0 Å². The van der Waals surface area contributed by atoms with Crippen LogP contribution >= 0.6 is 22.6 Å². The minimum atomic E-state index is -3.04. The van der Waals surface area contributed by atoms with Crippen LogP contribution in [0.4, 0.5) is 5.69 Å². The molecule has 0 aliphatic rings. The maximum atomic E-state index is 11.9. The molecule has 1 aromatic carbocycles. The smallest absolute Gasteiger partial charge is 0.156 e. The van der Waals surface area contributed by atoms with Crippen LogP contribution in [0.15, 0.2) is 24.3 Å². The second-order valence-electron chi connectivity index (χ2n) is 4.87. The van der Waals surface area contributed by atoms with E-state index in [2.05, 4.69) is 27.9 Å². The topological polar surface area (TPSA) is 46.2 Å². The van der Waals surface area contributed by atoms with Crippen LogP contribution < -0.4 is 5.32 Å². The van der Waals surface area contributed by atoms with Crippen molar-refractivity contribution >= 4 is 38.1 Å². The van der Waals surface area contributed by atoms with Gasteiger partial charge in [0.1, 0.15) is 0 Å². The van der Waals surface area contributed by atoms with E-state index in [9.17, 15) is 8.42 Å². The van der Waals surface area contributed by atoms with E-state index in [1.54, 1.807) is 20.8 Å². The standard InChI is InChI=1S/C12H18INO2S/c1-12(2,3)17(15,16)8-7-14-11-6-4-5-10(13)9-11/h4-6,9,14H,7-8H2,1-3H3. The average Bonchev–Trinajstić information content (AvgIpc) is 2.15. The Bertz CT molecular complexity index is 478. The first-order chi connectivity index (χ1) is 7.72. The number of hydrogen-bond donors (Lipinski definition) is 1. The van der Waals surface area contributed by atoms with Gasteiger partial charge >= 0.3 is 0 Å². The highest BCUT2D eigenvalue weighted by atomic mass is 127. The number of benzene rings is 1. The van der Waals surface area contributed by atoms with Gasteiger partial charge in [-0.1, -0.05) is 6.07 Å². The molecular weight excluding hydrogens is 349 g/mol. The van der Waals surface area contributed by atoms with Gasteiger partial charge in [0.15, 0.2) is 9.84 Å². The Morgan fingerprint density at radius 1 is 1.29 bits per heavy atom. The quantitative estimate of drug-likeness (QED) is 0.833. The molecule has 0 spiro atoms. The predicted molar refractivity (Wildman–Crippen MR) is 81.2 cm³/mol. The summed E-state index contributed by atoms with van der Waals surface area (Å²) in [5, 5.41) is 3.13. The first-order valence-electron chi connectivity index (χ1n) is 5.44. The highest BCUT2D eigenvalue weighted by molar-refractivity contribution is 14.1. The van der Waals surface area contributed by atoms with E-state index in [1.807, 2.05) is 24.3 Å². The Balaban J connectivity index is 2.55. The third kappa shape index (κ3) is 4.46. The summed E-state index contributed by atoms with van der Waals surface area (Å²) in [6.07, 6.45) is 0. The summed E-state index contributed by atoms with van der Waals surface area (Å²) in [4.78, 5) is 0. The van der Waals surface area contributed by atoms with Crippen molar-refractivity contribution in [2.75, 3.05) is 17.6 Å². The van der Waals surface area contributed by atoms with Crippen molar-refractivity contribution in [2.24, 2.45) is 0 Å². The van der Waals surface area contributed by atoms with E-state index in [-0.39, 0.29) is 5.75 Å². The molecule has 0 atom stereocenters. The number of halogens is 1. The Morgan fingerprint density at radius 3 is 2.47 bits per heavy atom. The molecule has 0 radical (unpaired) electrons. The summed E-state index contributed by atoms with van der Waals surface area (Å²) in [5.41, 5.74) is 0.959. The van der Waals surface area contributed by atoms with Gasteiger partial charge in [0, 0.05) is 15.8 Å². The SMILES string of the molecule is CC(C)(C)S(=O)(=O)CCNc1cccc(I)c1. The molecule has 0 fully saturated rings. The first-order valence-corrected chi connectivity index (χ1v) is 8.17. The van der Waals surface area contributed by atoms with E-state index in [0.717, 1.165) is 9.26 Å². The molecule has 3 nitrogen and oxygen atoms in total. The largest absolute Gasteiger partial charge is 0.384 e. The van der Waals surface area contributed by atoms with Crippen LogP contribution in [0.25, 0.3) is 0 Å². The molecule has 0 aliphatic carbocycles. The number of anilines is 1. The molecule has 0 aromatic heterocycles. The number of rotatable bonds is 4. The van der Waals surface area contributed by atoms with Crippen LogP contribution in [0, 0.1) is 3.57 Å². The predicted octanol–water partition coefficient (Wildman–Crippen LogP) is 2.92. The van der Waals surface area contributed by atoms with Gasteiger partial charge in [-0.2, -0.15) is 0 Å². The summed E-state index contributed by atoms with van der Waals surface area (Å²) in [6, 6.07) is 7.87. The van der Waals surface area contributed by atoms with Gasteiger partial charge in [-0.15, -0.1) is 0 Å². The van der Waals surface area contributed by atoms with Crippen LogP contribution in [0.1, 0.15) is 20.8 Å². The van der Waals surface area contributed by atoms with Crippen molar-refractivity contribution in [3.8, 4) is 0 Å². The fourth-order valence-corrected chi connectivity index (χ4v) is 2.76. The molecule has 0 saturated heterocycles. The lowest BCUT2D eigenvalue weighted by Crippen LogP contribution is -2.32. The lowest BCUT2D eigenvalue weighted by molar-refractivity contribution is 0.560. The monoisotopic (exact) mass is 367 g/mol. The highest BCUT2D eigenvalue weighted by Gasteiger charge is 2.28. The minimum absolute atomic E-state index is 0.155. The van der Waals surface area contributed by atoms with Gasteiger partial charge in [-0.3, -0.25) is 0 Å². The van der Waals surface area contributed by atoms with Gasteiger partial charge in [-0.05, 0) is 61.6 Å². The molecule has 5 heteroatoms. The third-order valence-electron chi connectivity index (χ3n) is 2.46. The van der Waals surface area contributed by atoms with Crippen molar-refractivity contribution in [1.29, 1.82) is 0 Å². The molecule has 0 saturated carbocycles. The zero-order valence-corrected chi connectivity index (χ0v) is 13.3. The normalized spacial score (nSPS) is 12.5. The average molecular weight is 367 g/mol. The fourth-order valence-electron chi connectivity index (χ4n) is 1.23. The summed E-state index contributed by atoms with van der Waals surface area (Å²) >= 11 is 2.23. The summed E-state index contributed by atoms with van der Waals surface area (Å²) in [7, 11) is -3.04. The van der Waals surface area contributed by atoms with Crippen molar-refractivity contribution in [2.45, 2.75) is 25.5 Å². The van der Waals surface area contributed by atoms with Crippen molar-refractivity contribution in [1.82, 2.24) is 0 Å². The Kier molecular flexibility index (Phi) is 4.83. The Hall–Kier alpha value is -0.300. The van der Waals surface area contributed by atoms with Crippen LogP contribution in [-0.2, 0) is 9.84 Å².